The highest BCUT2D eigenvalue weighted by atomic mass is 19.2. The fourth-order valence-corrected chi connectivity index (χ4v) is 1.64. The van der Waals surface area contributed by atoms with Gasteiger partial charge in [-0.25, -0.2) is 13.2 Å². The number of hydrogen-bond donors (Lipinski definition) is 2. The van der Waals surface area contributed by atoms with E-state index in [-0.39, 0.29) is 17.2 Å². The molecule has 0 radical (unpaired) electrons. The van der Waals surface area contributed by atoms with E-state index in [4.69, 9.17) is 4.74 Å². The number of ether oxygens (including phenoxy) is 1. The minimum atomic E-state index is -1.59. The highest BCUT2D eigenvalue weighted by Gasteiger charge is 2.14. The van der Waals surface area contributed by atoms with Gasteiger partial charge in [-0.2, -0.15) is 0 Å². The number of carbonyl (C=O) groups is 1. The van der Waals surface area contributed by atoms with Crippen LogP contribution >= 0.6 is 0 Å². The number of benzene rings is 1. The van der Waals surface area contributed by atoms with Crippen molar-refractivity contribution >= 4 is 17.4 Å². The largest absolute Gasteiger partial charge is 0.383 e. The van der Waals surface area contributed by atoms with Gasteiger partial charge in [0.05, 0.1) is 12.3 Å². The lowest BCUT2D eigenvalue weighted by Crippen LogP contribution is -2.27. The summed E-state index contributed by atoms with van der Waals surface area (Å²) in [5, 5.41) is 12.4. The van der Waals surface area contributed by atoms with Gasteiger partial charge < -0.3 is 15.4 Å². The maximum absolute atomic E-state index is 13.5. The highest BCUT2D eigenvalue weighted by molar-refractivity contribution is 5.92. The van der Waals surface area contributed by atoms with Crippen LogP contribution in [0.3, 0.4) is 0 Å². The molecule has 2 N–H and O–H groups in total. The summed E-state index contributed by atoms with van der Waals surface area (Å²) < 4.78 is 44.3. The van der Waals surface area contributed by atoms with Crippen molar-refractivity contribution in [2.24, 2.45) is 0 Å². The molecule has 0 aliphatic heterocycles. The third-order valence-corrected chi connectivity index (χ3v) is 2.79. The molecule has 0 spiro atoms. The van der Waals surface area contributed by atoms with Gasteiger partial charge in [-0.3, -0.25) is 4.79 Å². The van der Waals surface area contributed by atoms with Gasteiger partial charge in [0.15, 0.2) is 29.0 Å². The number of aromatic nitrogens is 2. The second kappa shape index (κ2) is 7.54. The lowest BCUT2D eigenvalue weighted by molar-refractivity contribution is 0.0931. The SMILES string of the molecule is COCCNC(=O)c1ccc(Nc2ccc(F)c(F)c2F)nn1. The quantitative estimate of drug-likeness (QED) is 0.627. The predicted octanol–water partition coefficient (Wildman–Crippen LogP) is 2.01. The Morgan fingerprint density at radius 3 is 2.57 bits per heavy atom. The Hall–Kier alpha value is -2.68. The molecule has 1 amide bonds. The van der Waals surface area contributed by atoms with Crippen molar-refractivity contribution in [2.45, 2.75) is 0 Å². The molecule has 1 aromatic heterocycles. The van der Waals surface area contributed by atoms with E-state index < -0.39 is 23.4 Å². The topological polar surface area (TPSA) is 76.1 Å². The fourth-order valence-electron chi connectivity index (χ4n) is 1.64. The Labute approximate surface area is 129 Å². The molecule has 0 aliphatic rings. The summed E-state index contributed by atoms with van der Waals surface area (Å²) in [5.74, 6) is -4.61. The molecule has 1 heterocycles. The summed E-state index contributed by atoms with van der Waals surface area (Å²) in [6.07, 6.45) is 0. The van der Waals surface area contributed by atoms with Crippen LogP contribution < -0.4 is 10.6 Å². The molecule has 122 valence electrons. The van der Waals surface area contributed by atoms with E-state index in [1.165, 1.54) is 19.2 Å². The molecule has 2 aromatic rings. The molecule has 1 aromatic carbocycles. The Kier molecular flexibility index (Phi) is 5.47. The molecule has 0 fully saturated rings. The zero-order valence-electron chi connectivity index (χ0n) is 12.1. The van der Waals surface area contributed by atoms with Gasteiger partial charge in [0.1, 0.15) is 0 Å². The molecule has 2 rings (SSSR count). The molecule has 0 atom stereocenters. The van der Waals surface area contributed by atoms with E-state index in [0.29, 0.717) is 13.2 Å². The fraction of sp³-hybridized carbons (Fsp3) is 0.214. The Balaban J connectivity index is 2.06. The van der Waals surface area contributed by atoms with Gasteiger partial charge in [0.25, 0.3) is 5.91 Å². The maximum atomic E-state index is 13.5. The smallest absolute Gasteiger partial charge is 0.271 e. The molecule has 0 aliphatic carbocycles. The average Bonchev–Trinajstić information content (AvgIpc) is 2.56. The summed E-state index contributed by atoms with van der Waals surface area (Å²) in [7, 11) is 1.50. The number of carbonyl (C=O) groups excluding carboxylic acids is 1. The van der Waals surface area contributed by atoms with Crippen LogP contribution in [-0.2, 0) is 4.74 Å². The predicted molar refractivity (Wildman–Crippen MR) is 75.8 cm³/mol. The van der Waals surface area contributed by atoms with Crippen molar-refractivity contribution in [1.82, 2.24) is 15.5 Å². The molecule has 9 heteroatoms. The van der Waals surface area contributed by atoms with Crippen molar-refractivity contribution in [3.8, 4) is 0 Å². The van der Waals surface area contributed by atoms with Gasteiger partial charge >= 0.3 is 0 Å². The Bertz CT molecular complexity index is 695. The first-order chi connectivity index (χ1) is 11.0. The maximum Gasteiger partial charge on any atom is 0.271 e. The van der Waals surface area contributed by atoms with E-state index in [0.717, 1.165) is 12.1 Å². The summed E-state index contributed by atoms with van der Waals surface area (Å²) >= 11 is 0. The van der Waals surface area contributed by atoms with Crippen LogP contribution in [0.4, 0.5) is 24.7 Å². The monoisotopic (exact) mass is 326 g/mol. The first-order valence-electron chi connectivity index (χ1n) is 6.54. The third-order valence-electron chi connectivity index (χ3n) is 2.79. The summed E-state index contributed by atoms with van der Waals surface area (Å²) in [4.78, 5) is 11.7. The number of hydrogen-bond acceptors (Lipinski definition) is 5. The molecule has 0 saturated heterocycles. The van der Waals surface area contributed by atoms with Crippen LogP contribution in [0.5, 0.6) is 0 Å². The lowest BCUT2D eigenvalue weighted by Gasteiger charge is -2.08. The molecule has 0 unspecified atom stereocenters. The van der Waals surface area contributed by atoms with Crippen molar-refractivity contribution in [1.29, 1.82) is 0 Å². The minimum absolute atomic E-state index is 0.0532. The molecule has 6 nitrogen and oxygen atoms in total. The average molecular weight is 326 g/mol. The van der Waals surface area contributed by atoms with E-state index >= 15 is 0 Å². The molecule has 23 heavy (non-hydrogen) atoms. The molecule has 0 saturated carbocycles. The Morgan fingerprint density at radius 1 is 1.13 bits per heavy atom. The number of rotatable bonds is 6. The van der Waals surface area contributed by atoms with Gasteiger partial charge in [-0.15, -0.1) is 10.2 Å². The van der Waals surface area contributed by atoms with Gasteiger partial charge in [0.2, 0.25) is 0 Å². The van der Waals surface area contributed by atoms with Gasteiger partial charge in [-0.1, -0.05) is 0 Å². The Morgan fingerprint density at radius 2 is 1.91 bits per heavy atom. The number of halogens is 3. The zero-order chi connectivity index (χ0) is 16.8. The second-order valence-electron chi connectivity index (χ2n) is 4.40. The lowest BCUT2D eigenvalue weighted by atomic mass is 10.2. The summed E-state index contributed by atoms with van der Waals surface area (Å²) in [6, 6.07) is 4.53. The normalized spacial score (nSPS) is 10.4. The van der Waals surface area contributed by atoms with Gasteiger partial charge in [-0.05, 0) is 24.3 Å². The second-order valence-corrected chi connectivity index (χ2v) is 4.40. The first kappa shape index (κ1) is 16.7. The standard InChI is InChI=1S/C14H13F3N4O2/c1-23-7-6-18-14(22)10-4-5-11(21-20-10)19-9-3-2-8(15)12(16)13(9)17/h2-5H,6-7H2,1H3,(H,18,22)(H,19,21). The van der Waals surface area contributed by atoms with Crippen LogP contribution in [0, 0.1) is 17.5 Å². The van der Waals surface area contributed by atoms with Crippen LogP contribution in [0.25, 0.3) is 0 Å². The third kappa shape index (κ3) is 4.16. The van der Waals surface area contributed by atoms with Crippen molar-refractivity contribution in [3.05, 3.63) is 47.4 Å². The zero-order valence-corrected chi connectivity index (χ0v) is 12.1. The molecular formula is C14H13F3N4O2. The number of anilines is 2. The van der Waals surface area contributed by atoms with E-state index in [1.54, 1.807) is 0 Å². The number of nitrogens with zero attached hydrogens (tertiary/aromatic N) is 2. The molecule has 0 bridgehead atoms. The number of amides is 1. The van der Waals surface area contributed by atoms with E-state index in [2.05, 4.69) is 20.8 Å². The number of methoxy groups -OCH3 is 1. The number of nitrogens with one attached hydrogen (secondary N) is 2. The highest BCUT2D eigenvalue weighted by Crippen LogP contribution is 2.22. The van der Waals surface area contributed by atoms with Crippen LogP contribution in [0.15, 0.2) is 24.3 Å². The summed E-state index contributed by atoms with van der Waals surface area (Å²) in [5.41, 5.74) is -0.243. The summed E-state index contributed by atoms with van der Waals surface area (Å²) in [6.45, 7) is 0.672. The van der Waals surface area contributed by atoms with E-state index in [9.17, 15) is 18.0 Å². The minimum Gasteiger partial charge on any atom is -0.383 e. The van der Waals surface area contributed by atoms with Crippen LogP contribution in [0.1, 0.15) is 10.5 Å². The van der Waals surface area contributed by atoms with Crippen molar-refractivity contribution in [3.63, 3.8) is 0 Å². The van der Waals surface area contributed by atoms with E-state index in [1.807, 2.05) is 0 Å². The first-order valence-corrected chi connectivity index (χ1v) is 6.54. The van der Waals surface area contributed by atoms with Crippen LogP contribution in [-0.4, -0.2) is 36.4 Å². The van der Waals surface area contributed by atoms with Crippen LogP contribution in [0.2, 0.25) is 0 Å². The molecular weight excluding hydrogens is 313 g/mol. The van der Waals surface area contributed by atoms with Crippen molar-refractivity contribution < 1.29 is 22.7 Å². The van der Waals surface area contributed by atoms with Gasteiger partial charge in [0, 0.05) is 13.7 Å². The van der Waals surface area contributed by atoms with Crippen molar-refractivity contribution in [2.75, 3.05) is 25.6 Å².